The van der Waals surface area contributed by atoms with Gasteiger partial charge in [0.05, 0.1) is 0 Å². The molecule has 0 aromatic heterocycles. The monoisotopic (exact) mass is 194 g/mol. The second kappa shape index (κ2) is 4.72. The Kier molecular flexibility index (Phi) is 3.58. The Balaban J connectivity index is 2.74. The van der Waals surface area contributed by atoms with Crippen LogP contribution in [0.15, 0.2) is 42.2 Å². The molecule has 0 aliphatic carbocycles. The summed E-state index contributed by atoms with van der Waals surface area (Å²) in [6.45, 7) is 1.73. The number of allylic oxidation sites excluding steroid dienone is 1. The van der Waals surface area contributed by atoms with Gasteiger partial charge in [0, 0.05) is 0 Å². The number of hydrogen-bond donors (Lipinski definition) is 1. The van der Waals surface area contributed by atoms with Crippen LogP contribution in [-0.2, 0) is 4.79 Å². The zero-order chi connectivity index (χ0) is 9.68. The highest BCUT2D eigenvalue weighted by atomic mass is 32.1. The van der Waals surface area contributed by atoms with Gasteiger partial charge in [-0.2, -0.15) is 0 Å². The molecule has 0 atom stereocenters. The lowest BCUT2D eigenvalue weighted by atomic mass is 10.3. The maximum Gasteiger partial charge on any atom is 0.251 e. The number of thiol groups is 1. The van der Waals surface area contributed by atoms with Crippen LogP contribution in [-0.4, -0.2) is 5.12 Å². The Hall–Kier alpha value is -1.22. The van der Waals surface area contributed by atoms with Crippen LogP contribution in [0.5, 0.6) is 5.75 Å². The Morgan fingerprint density at radius 1 is 1.38 bits per heavy atom. The van der Waals surface area contributed by atoms with E-state index >= 15 is 0 Å². The molecule has 0 radical (unpaired) electrons. The lowest BCUT2D eigenvalue weighted by molar-refractivity contribution is -0.109. The summed E-state index contributed by atoms with van der Waals surface area (Å²) in [6, 6.07) is 9.11. The summed E-state index contributed by atoms with van der Waals surface area (Å²) in [5.74, 6) is 0.882. The SMILES string of the molecule is CC=C(Oc1ccccc1)C(=O)S. The largest absolute Gasteiger partial charge is 0.453 e. The van der Waals surface area contributed by atoms with E-state index < -0.39 is 0 Å². The summed E-state index contributed by atoms with van der Waals surface area (Å²) in [4.78, 5) is 10.9. The molecule has 1 aromatic carbocycles. The average molecular weight is 194 g/mol. The van der Waals surface area contributed by atoms with E-state index in [1.54, 1.807) is 25.1 Å². The van der Waals surface area contributed by atoms with Gasteiger partial charge in [0.15, 0.2) is 5.76 Å². The Labute approximate surface area is 82.6 Å². The van der Waals surface area contributed by atoms with Gasteiger partial charge >= 0.3 is 0 Å². The van der Waals surface area contributed by atoms with Gasteiger partial charge in [0.1, 0.15) is 5.75 Å². The molecule has 0 spiro atoms. The number of hydrogen-bond acceptors (Lipinski definition) is 2. The molecule has 1 aromatic rings. The van der Waals surface area contributed by atoms with Crippen LogP contribution in [0.2, 0.25) is 0 Å². The van der Waals surface area contributed by atoms with Crippen molar-refractivity contribution >= 4 is 17.7 Å². The molecule has 1 rings (SSSR count). The minimum atomic E-state index is -0.369. The molecular weight excluding hydrogens is 184 g/mol. The zero-order valence-electron chi connectivity index (χ0n) is 7.23. The van der Waals surface area contributed by atoms with Crippen molar-refractivity contribution in [1.82, 2.24) is 0 Å². The van der Waals surface area contributed by atoms with Gasteiger partial charge in [-0.05, 0) is 25.1 Å². The normalized spacial score (nSPS) is 11.1. The fourth-order valence-electron chi connectivity index (χ4n) is 0.842. The first kappa shape index (κ1) is 9.86. The third kappa shape index (κ3) is 2.95. The van der Waals surface area contributed by atoms with Crippen molar-refractivity contribution in [3.8, 4) is 5.75 Å². The molecule has 2 nitrogen and oxygen atoms in total. The summed E-state index contributed by atoms with van der Waals surface area (Å²) in [5.41, 5.74) is 0. The molecule has 0 heterocycles. The molecule has 0 saturated carbocycles. The lowest BCUT2D eigenvalue weighted by Crippen LogP contribution is -2.01. The Morgan fingerprint density at radius 2 is 2.00 bits per heavy atom. The van der Waals surface area contributed by atoms with Crippen LogP contribution < -0.4 is 4.74 Å². The third-order valence-corrected chi connectivity index (χ3v) is 1.66. The van der Waals surface area contributed by atoms with E-state index in [1.165, 1.54) is 0 Å². The predicted molar refractivity (Wildman–Crippen MR) is 54.8 cm³/mol. The molecule has 0 bridgehead atoms. The molecule has 0 N–H and O–H groups in total. The fraction of sp³-hybridized carbons (Fsp3) is 0.100. The van der Waals surface area contributed by atoms with Gasteiger partial charge < -0.3 is 4.74 Å². The minimum Gasteiger partial charge on any atom is -0.453 e. The number of ether oxygens (including phenoxy) is 1. The molecule has 13 heavy (non-hydrogen) atoms. The van der Waals surface area contributed by atoms with E-state index in [0.29, 0.717) is 5.75 Å². The standard InChI is InChI=1S/C10H10O2S/c1-2-9(10(11)13)12-8-6-4-3-5-7-8/h2-7H,1H3,(H,11,13). The second-order valence-corrected chi connectivity index (χ2v) is 2.78. The molecule has 0 aliphatic heterocycles. The van der Waals surface area contributed by atoms with Crippen molar-refractivity contribution < 1.29 is 9.53 Å². The van der Waals surface area contributed by atoms with Gasteiger partial charge in [0.25, 0.3) is 5.12 Å². The number of rotatable bonds is 3. The zero-order valence-corrected chi connectivity index (χ0v) is 8.12. The molecule has 0 amide bonds. The number of para-hydroxylation sites is 1. The van der Waals surface area contributed by atoms with Crippen molar-refractivity contribution in [3.05, 3.63) is 42.2 Å². The molecule has 3 heteroatoms. The van der Waals surface area contributed by atoms with Crippen molar-refractivity contribution in [2.45, 2.75) is 6.92 Å². The number of carbonyl (C=O) groups is 1. The van der Waals surface area contributed by atoms with E-state index in [-0.39, 0.29) is 10.9 Å². The summed E-state index contributed by atoms with van der Waals surface area (Å²) in [5, 5.41) is -0.369. The van der Waals surface area contributed by atoms with Gasteiger partial charge in [-0.1, -0.05) is 30.8 Å². The average Bonchev–Trinajstić information content (AvgIpc) is 2.15. The molecule has 0 fully saturated rings. The van der Waals surface area contributed by atoms with E-state index in [9.17, 15) is 4.79 Å². The molecule has 68 valence electrons. The highest BCUT2D eigenvalue weighted by molar-refractivity contribution is 7.97. The Bertz CT molecular complexity index is 317. The first-order valence-corrected chi connectivity index (χ1v) is 4.31. The molecule has 0 unspecified atom stereocenters. The summed E-state index contributed by atoms with van der Waals surface area (Å²) >= 11 is 3.67. The van der Waals surface area contributed by atoms with Crippen molar-refractivity contribution in [2.75, 3.05) is 0 Å². The maximum atomic E-state index is 10.9. The van der Waals surface area contributed by atoms with E-state index in [2.05, 4.69) is 12.6 Å². The van der Waals surface area contributed by atoms with Crippen LogP contribution in [0.4, 0.5) is 0 Å². The third-order valence-electron chi connectivity index (χ3n) is 1.44. The van der Waals surface area contributed by atoms with E-state index in [4.69, 9.17) is 4.74 Å². The van der Waals surface area contributed by atoms with Crippen LogP contribution in [0, 0.1) is 0 Å². The highest BCUT2D eigenvalue weighted by Crippen LogP contribution is 2.13. The molecule has 0 aliphatic rings. The summed E-state index contributed by atoms with van der Waals surface area (Å²) < 4.78 is 5.26. The van der Waals surface area contributed by atoms with Crippen LogP contribution in [0.25, 0.3) is 0 Å². The fourth-order valence-corrected chi connectivity index (χ4v) is 1.02. The van der Waals surface area contributed by atoms with Crippen molar-refractivity contribution in [1.29, 1.82) is 0 Å². The topological polar surface area (TPSA) is 26.3 Å². The predicted octanol–water partition coefficient (Wildman–Crippen LogP) is 2.43. The first-order valence-electron chi connectivity index (χ1n) is 3.86. The van der Waals surface area contributed by atoms with Gasteiger partial charge in [-0.3, -0.25) is 4.79 Å². The summed E-state index contributed by atoms with van der Waals surface area (Å²) in [7, 11) is 0. The summed E-state index contributed by atoms with van der Waals surface area (Å²) in [6.07, 6.45) is 1.59. The molecule has 0 saturated heterocycles. The van der Waals surface area contributed by atoms with E-state index in [0.717, 1.165) is 0 Å². The Morgan fingerprint density at radius 3 is 2.46 bits per heavy atom. The van der Waals surface area contributed by atoms with Crippen LogP contribution in [0.3, 0.4) is 0 Å². The highest BCUT2D eigenvalue weighted by Gasteiger charge is 2.04. The van der Waals surface area contributed by atoms with Gasteiger partial charge in [-0.15, -0.1) is 0 Å². The van der Waals surface area contributed by atoms with Gasteiger partial charge in [-0.25, -0.2) is 0 Å². The number of benzene rings is 1. The van der Waals surface area contributed by atoms with Crippen molar-refractivity contribution in [3.63, 3.8) is 0 Å². The van der Waals surface area contributed by atoms with Crippen LogP contribution >= 0.6 is 12.6 Å². The number of carbonyl (C=O) groups excluding carboxylic acids is 1. The quantitative estimate of drug-likeness (QED) is 0.454. The van der Waals surface area contributed by atoms with Crippen molar-refractivity contribution in [2.24, 2.45) is 0 Å². The van der Waals surface area contributed by atoms with Crippen LogP contribution in [0.1, 0.15) is 6.92 Å². The van der Waals surface area contributed by atoms with Gasteiger partial charge in [0.2, 0.25) is 0 Å². The second-order valence-electron chi connectivity index (χ2n) is 2.37. The smallest absolute Gasteiger partial charge is 0.251 e. The first-order chi connectivity index (χ1) is 6.24. The van der Waals surface area contributed by atoms with E-state index in [1.807, 2.05) is 18.2 Å². The minimum absolute atomic E-state index is 0.245. The maximum absolute atomic E-state index is 10.9. The molecular formula is C10H10O2S. The lowest BCUT2D eigenvalue weighted by Gasteiger charge is -2.04.